The summed E-state index contributed by atoms with van der Waals surface area (Å²) >= 11 is 0. The molecule has 0 bridgehead atoms. The molecule has 1 saturated heterocycles. The molecule has 5 heteroatoms. The van der Waals surface area contributed by atoms with Crippen LogP contribution in [0.5, 0.6) is 0 Å². The van der Waals surface area contributed by atoms with Crippen molar-refractivity contribution in [3.8, 4) is 0 Å². The molecule has 5 nitrogen and oxygen atoms in total. The van der Waals surface area contributed by atoms with Gasteiger partial charge in [-0.1, -0.05) is 42.5 Å². The highest BCUT2D eigenvalue weighted by molar-refractivity contribution is 5.85. The summed E-state index contributed by atoms with van der Waals surface area (Å²) in [5.74, 6) is -1.05. The van der Waals surface area contributed by atoms with E-state index in [4.69, 9.17) is 9.84 Å². The van der Waals surface area contributed by atoms with E-state index >= 15 is 0 Å². The normalized spacial score (nSPS) is 17.8. The fraction of sp³-hybridized carbons (Fsp3) is 0.368. The van der Waals surface area contributed by atoms with Gasteiger partial charge in [0.2, 0.25) is 5.91 Å². The van der Waals surface area contributed by atoms with E-state index in [9.17, 15) is 9.59 Å². The monoisotopic (exact) mass is 327 g/mol. The highest BCUT2D eigenvalue weighted by Crippen LogP contribution is 2.21. The first-order valence-corrected chi connectivity index (χ1v) is 8.21. The molecule has 0 aliphatic carbocycles. The number of morpholine rings is 1. The van der Waals surface area contributed by atoms with Gasteiger partial charge in [-0.3, -0.25) is 9.59 Å². The van der Waals surface area contributed by atoms with Gasteiger partial charge in [0.25, 0.3) is 0 Å². The van der Waals surface area contributed by atoms with Crippen LogP contribution in [0.2, 0.25) is 0 Å². The Hall–Kier alpha value is -2.40. The van der Waals surface area contributed by atoms with Gasteiger partial charge in [0.1, 0.15) is 0 Å². The van der Waals surface area contributed by atoms with Gasteiger partial charge < -0.3 is 14.7 Å². The van der Waals surface area contributed by atoms with Crippen molar-refractivity contribution in [1.29, 1.82) is 0 Å². The number of carboxylic acids is 1. The summed E-state index contributed by atoms with van der Waals surface area (Å²) in [5.41, 5.74) is 1.21. The van der Waals surface area contributed by atoms with E-state index in [0.29, 0.717) is 19.7 Å². The average Bonchev–Trinajstić information content (AvgIpc) is 2.60. The molecule has 24 heavy (non-hydrogen) atoms. The van der Waals surface area contributed by atoms with E-state index in [1.165, 1.54) is 16.3 Å². The van der Waals surface area contributed by atoms with Gasteiger partial charge in [0.05, 0.1) is 19.1 Å². The molecule has 1 heterocycles. The molecular weight excluding hydrogens is 306 g/mol. The van der Waals surface area contributed by atoms with Crippen LogP contribution < -0.4 is 0 Å². The van der Waals surface area contributed by atoms with Crippen LogP contribution in [0.25, 0.3) is 10.8 Å². The summed E-state index contributed by atoms with van der Waals surface area (Å²) < 4.78 is 5.83. The van der Waals surface area contributed by atoms with Crippen LogP contribution in [-0.2, 0) is 20.7 Å². The van der Waals surface area contributed by atoms with Crippen molar-refractivity contribution >= 4 is 22.6 Å². The molecule has 3 rings (SSSR count). The van der Waals surface area contributed by atoms with Gasteiger partial charge in [-0.25, -0.2) is 0 Å². The van der Waals surface area contributed by atoms with Crippen LogP contribution in [0.15, 0.2) is 42.5 Å². The number of rotatable bonds is 5. The highest BCUT2D eigenvalue weighted by Gasteiger charge is 2.25. The predicted molar refractivity (Wildman–Crippen MR) is 90.8 cm³/mol. The Labute approximate surface area is 140 Å². The van der Waals surface area contributed by atoms with Gasteiger partial charge >= 0.3 is 5.97 Å². The lowest BCUT2D eigenvalue weighted by atomic mass is 9.99. The number of aliphatic carboxylic acids is 1. The third-order valence-corrected chi connectivity index (χ3v) is 4.37. The van der Waals surface area contributed by atoms with Crippen LogP contribution >= 0.6 is 0 Å². The van der Waals surface area contributed by atoms with E-state index < -0.39 is 5.97 Å². The van der Waals surface area contributed by atoms with Gasteiger partial charge in [0, 0.05) is 25.9 Å². The SMILES string of the molecule is O=C(O)CCC(=O)N1CCOC(Cc2cccc3ccccc23)C1. The Balaban J connectivity index is 1.66. The Morgan fingerprint density at radius 2 is 1.92 bits per heavy atom. The van der Waals surface area contributed by atoms with Crippen molar-refractivity contribution in [2.45, 2.75) is 25.4 Å². The maximum atomic E-state index is 12.1. The van der Waals surface area contributed by atoms with Gasteiger partial charge in [0.15, 0.2) is 0 Å². The molecule has 1 atom stereocenters. The fourth-order valence-corrected chi connectivity index (χ4v) is 3.16. The number of carbonyl (C=O) groups is 2. The molecular formula is C19H21NO4. The van der Waals surface area contributed by atoms with Crippen LogP contribution in [0.1, 0.15) is 18.4 Å². The van der Waals surface area contributed by atoms with Crippen LogP contribution in [-0.4, -0.2) is 47.7 Å². The molecule has 0 aromatic heterocycles. The number of fused-ring (bicyclic) bond motifs is 1. The summed E-state index contributed by atoms with van der Waals surface area (Å²) in [5, 5.41) is 11.1. The molecule has 1 unspecified atom stereocenters. The topological polar surface area (TPSA) is 66.8 Å². The number of amides is 1. The maximum absolute atomic E-state index is 12.1. The number of nitrogens with zero attached hydrogens (tertiary/aromatic N) is 1. The number of carbonyl (C=O) groups excluding carboxylic acids is 1. The average molecular weight is 327 g/mol. The number of carboxylic acid groups (broad SMARTS) is 1. The predicted octanol–water partition coefficient (Wildman–Crippen LogP) is 2.47. The Kier molecular flexibility index (Phi) is 5.11. The quantitative estimate of drug-likeness (QED) is 0.916. The summed E-state index contributed by atoms with van der Waals surface area (Å²) in [6, 6.07) is 14.4. The second-order valence-corrected chi connectivity index (χ2v) is 6.07. The number of hydrogen-bond donors (Lipinski definition) is 1. The second kappa shape index (κ2) is 7.45. The van der Waals surface area contributed by atoms with Crippen molar-refractivity contribution in [2.75, 3.05) is 19.7 Å². The van der Waals surface area contributed by atoms with E-state index in [1.807, 2.05) is 18.2 Å². The molecule has 0 saturated carbocycles. The minimum Gasteiger partial charge on any atom is -0.481 e. The third kappa shape index (κ3) is 3.92. The molecule has 2 aromatic carbocycles. The first kappa shape index (κ1) is 16.5. The zero-order valence-corrected chi connectivity index (χ0v) is 13.5. The first-order valence-electron chi connectivity index (χ1n) is 8.21. The largest absolute Gasteiger partial charge is 0.481 e. The minimum absolute atomic E-state index is 0.0519. The van der Waals surface area contributed by atoms with Gasteiger partial charge in [-0.15, -0.1) is 0 Å². The number of ether oxygens (including phenoxy) is 1. The molecule has 1 N–H and O–H groups in total. The Bertz CT molecular complexity index is 738. The summed E-state index contributed by atoms with van der Waals surface area (Å²) in [7, 11) is 0. The Morgan fingerprint density at radius 3 is 2.75 bits per heavy atom. The summed E-state index contributed by atoms with van der Waals surface area (Å²) in [4.78, 5) is 24.5. The van der Waals surface area contributed by atoms with Crippen LogP contribution in [0, 0.1) is 0 Å². The van der Waals surface area contributed by atoms with Crippen molar-refractivity contribution in [3.63, 3.8) is 0 Å². The molecule has 2 aromatic rings. The molecule has 1 amide bonds. The van der Waals surface area contributed by atoms with Crippen molar-refractivity contribution < 1.29 is 19.4 Å². The van der Waals surface area contributed by atoms with E-state index in [2.05, 4.69) is 24.3 Å². The molecule has 0 spiro atoms. The highest BCUT2D eigenvalue weighted by atomic mass is 16.5. The first-order chi connectivity index (χ1) is 11.6. The van der Waals surface area contributed by atoms with Crippen molar-refractivity contribution in [2.24, 2.45) is 0 Å². The lowest BCUT2D eigenvalue weighted by Gasteiger charge is -2.33. The molecule has 0 radical (unpaired) electrons. The zero-order valence-electron chi connectivity index (χ0n) is 13.5. The smallest absolute Gasteiger partial charge is 0.303 e. The third-order valence-electron chi connectivity index (χ3n) is 4.37. The van der Waals surface area contributed by atoms with E-state index in [-0.39, 0.29) is 24.9 Å². The second-order valence-electron chi connectivity index (χ2n) is 6.07. The van der Waals surface area contributed by atoms with E-state index in [1.54, 1.807) is 4.90 Å². The molecule has 126 valence electrons. The minimum atomic E-state index is -0.941. The standard InChI is InChI=1S/C19H21NO4/c21-18(8-9-19(22)23)20-10-11-24-16(13-20)12-15-6-3-5-14-4-1-2-7-17(14)15/h1-7,16H,8-13H2,(H,22,23). The molecule has 1 aliphatic rings. The fourth-order valence-electron chi connectivity index (χ4n) is 3.16. The summed E-state index contributed by atoms with van der Waals surface area (Å²) in [6.07, 6.45) is 0.614. The van der Waals surface area contributed by atoms with Gasteiger partial charge in [-0.2, -0.15) is 0 Å². The van der Waals surface area contributed by atoms with Crippen molar-refractivity contribution in [1.82, 2.24) is 4.90 Å². The van der Waals surface area contributed by atoms with Gasteiger partial charge in [-0.05, 0) is 16.3 Å². The summed E-state index contributed by atoms with van der Waals surface area (Å²) in [6.45, 7) is 1.54. The van der Waals surface area contributed by atoms with Crippen LogP contribution in [0.3, 0.4) is 0 Å². The zero-order chi connectivity index (χ0) is 16.9. The molecule has 1 fully saturated rings. The lowest BCUT2D eigenvalue weighted by molar-refractivity contribution is -0.144. The maximum Gasteiger partial charge on any atom is 0.303 e. The Morgan fingerprint density at radius 1 is 1.12 bits per heavy atom. The van der Waals surface area contributed by atoms with Crippen molar-refractivity contribution in [3.05, 3.63) is 48.0 Å². The number of benzene rings is 2. The number of hydrogen-bond acceptors (Lipinski definition) is 3. The van der Waals surface area contributed by atoms with Crippen LogP contribution in [0.4, 0.5) is 0 Å². The van der Waals surface area contributed by atoms with E-state index in [0.717, 1.165) is 6.42 Å². The lowest BCUT2D eigenvalue weighted by Crippen LogP contribution is -2.46. The molecule has 1 aliphatic heterocycles.